The summed E-state index contributed by atoms with van der Waals surface area (Å²) in [5.74, 6) is 1.18. The summed E-state index contributed by atoms with van der Waals surface area (Å²) < 4.78 is 11.4. The Morgan fingerprint density at radius 3 is 2.65 bits per heavy atom. The van der Waals surface area contributed by atoms with Gasteiger partial charge in [-0.05, 0) is 73.9 Å². The molecule has 1 amide bonds. The molecule has 1 aliphatic carbocycles. The number of rotatable bonds is 10. The Kier molecular flexibility index (Phi) is 7.93. The summed E-state index contributed by atoms with van der Waals surface area (Å²) >= 11 is 0. The first-order chi connectivity index (χ1) is 15.0. The van der Waals surface area contributed by atoms with Crippen LogP contribution in [0.15, 0.2) is 41.6 Å². The topological polar surface area (TPSA) is 69.2 Å². The van der Waals surface area contributed by atoms with Gasteiger partial charge in [0.05, 0.1) is 13.2 Å². The number of carbonyl (C=O) groups excluding carboxylic acids is 1. The van der Waals surface area contributed by atoms with Crippen LogP contribution in [0, 0.1) is 0 Å². The van der Waals surface area contributed by atoms with Gasteiger partial charge in [0.2, 0.25) is 0 Å². The molecule has 0 saturated heterocycles. The molecule has 1 N–H and O–H groups in total. The van der Waals surface area contributed by atoms with Crippen LogP contribution in [0.2, 0.25) is 0 Å². The van der Waals surface area contributed by atoms with Crippen LogP contribution in [0.1, 0.15) is 48.9 Å². The molecule has 6 heteroatoms. The Balaban J connectivity index is 1.62. The molecule has 3 rings (SSSR count). The number of methoxy groups -OCH3 is 1. The smallest absolute Gasteiger partial charge is 0.273 e. The Bertz CT molecular complexity index is 939. The Morgan fingerprint density at radius 1 is 1.10 bits per heavy atom. The van der Waals surface area contributed by atoms with E-state index in [4.69, 9.17) is 14.3 Å². The van der Waals surface area contributed by atoms with Gasteiger partial charge in [0, 0.05) is 12.1 Å². The molecular weight excluding hydrogens is 392 g/mol. The van der Waals surface area contributed by atoms with E-state index < -0.39 is 0 Å². The third kappa shape index (κ3) is 5.78. The van der Waals surface area contributed by atoms with Crippen LogP contribution < -0.4 is 14.8 Å². The lowest BCUT2D eigenvalue weighted by atomic mass is 10.0. The van der Waals surface area contributed by atoms with Gasteiger partial charge in [0.25, 0.3) is 5.91 Å². The summed E-state index contributed by atoms with van der Waals surface area (Å²) in [7, 11) is 3.09. The third-order valence-corrected chi connectivity index (χ3v) is 5.60. The van der Waals surface area contributed by atoms with Crippen LogP contribution in [-0.2, 0) is 28.9 Å². The predicted molar refractivity (Wildman–Crippen MR) is 122 cm³/mol. The number of fused-ring (bicyclic) bond motifs is 1. The molecule has 0 radical (unpaired) electrons. The predicted octanol–water partition coefficient (Wildman–Crippen LogP) is 4.07. The molecule has 0 saturated carbocycles. The van der Waals surface area contributed by atoms with Gasteiger partial charge in [0.1, 0.15) is 7.11 Å². The van der Waals surface area contributed by atoms with Gasteiger partial charge in [0.15, 0.2) is 17.2 Å². The van der Waals surface area contributed by atoms with E-state index in [1.165, 1.54) is 18.2 Å². The lowest BCUT2D eigenvalue weighted by Gasteiger charge is -2.16. The number of carbonyl (C=O) groups is 1. The minimum atomic E-state index is -0.247. The highest BCUT2D eigenvalue weighted by atomic mass is 16.6. The average molecular weight is 425 g/mol. The minimum absolute atomic E-state index is 0.122. The standard InChI is InChI=1S/C25H32N2O4/c1-5-17(2)31-22-12-9-18(15-23(22)29-3)13-14-26-25(28)24(27-30-4)21-11-10-19-7-6-8-20(19)16-21/h9-12,15-17H,5-8,13-14H2,1-4H3,(H,26,28). The summed E-state index contributed by atoms with van der Waals surface area (Å²) in [5, 5.41) is 6.94. The second kappa shape index (κ2) is 10.8. The van der Waals surface area contributed by atoms with Gasteiger partial charge in [-0.15, -0.1) is 0 Å². The molecule has 0 heterocycles. The lowest BCUT2D eigenvalue weighted by Crippen LogP contribution is -2.33. The van der Waals surface area contributed by atoms with Crippen LogP contribution in [-0.4, -0.2) is 38.5 Å². The largest absolute Gasteiger partial charge is 0.493 e. The maximum Gasteiger partial charge on any atom is 0.273 e. The van der Waals surface area contributed by atoms with Gasteiger partial charge < -0.3 is 19.6 Å². The Labute approximate surface area is 184 Å². The van der Waals surface area contributed by atoms with Gasteiger partial charge in [-0.1, -0.05) is 30.3 Å². The fourth-order valence-corrected chi connectivity index (χ4v) is 3.70. The van der Waals surface area contributed by atoms with Crippen molar-refractivity contribution >= 4 is 11.6 Å². The summed E-state index contributed by atoms with van der Waals surface area (Å²) in [6, 6.07) is 12.0. The van der Waals surface area contributed by atoms with Crippen molar-refractivity contribution in [2.45, 2.75) is 52.1 Å². The first-order valence-corrected chi connectivity index (χ1v) is 10.9. The van der Waals surface area contributed by atoms with Crippen LogP contribution >= 0.6 is 0 Å². The highest BCUT2D eigenvalue weighted by Crippen LogP contribution is 2.29. The highest BCUT2D eigenvalue weighted by molar-refractivity contribution is 6.45. The van der Waals surface area contributed by atoms with E-state index in [1.54, 1.807) is 7.11 Å². The maximum absolute atomic E-state index is 12.8. The van der Waals surface area contributed by atoms with Crippen LogP contribution in [0.5, 0.6) is 11.5 Å². The van der Waals surface area contributed by atoms with E-state index in [0.29, 0.717) is 24.4 Å². The fourth-order valence-electron chi connectivity index (χ4n) is 3.70. The van der Waals surface area contributed by atoms with Gasteiger partial charge in [-0.3, -0.25) is 4.79 Å². The van der Waals surface area contributed by atoms with E-state index >= 15 is 0 Å². The van der Waals surface area contributed by atoms with Crippen LogP contribution in [0.3, 0.4) is 0 Å². The Hall–Kier alpha value is -3.02. The van der Waals surface area contributed by atoms with Gasteiger partial charge >= 0.3 is 0 Å². The number of oxime groups is 1. The summed E-state index contributed by atoms with van der Waals surface area (Å²) in [6.07, 6.45) is 5.01. The molecule has 0 fully saturated rings. The summed E-state index contributed by atoms with van der Waals surface area (Å²) in [6.45, 7) is 4.59. The quantitative estimate of drug-likeness (QED) is 0.461. The van der Waals surface area contributed by atoms with Crippen molar-refractivity contribution < 1.29 is 19.1 Å². The van der Waals surface area contributed by atoms with Crippen molar-refractivity contribution in [3.05, 3.63) is 58.7 Å². The second-order valence-corrected chi connectivity index (χ2v) is 7.79. The molecular formula is C25H32N2O4. The molecule has 31 heavy (non-hydrogen) atoms. The maximum atomic E-state index is 12.8. The molecule has 1 aliphatic rings. The molecule has 166 valence electrons. The van der Waals surface area contributed by atoms with Crippen molar-refractivity contribution in [3.63, 3.8) is 0 Å². The normalized spacial score (nSPS) is 14.0. The number of hydrogen-bond acceptors (Lipinski definition) is 5. The molecule has 0 aliphatic heterocycles. The van der Waals surface area contributed by atoms with Gasteiger partial charge in [-0.2, -0.15) is 0 Å². The number of benzene rings is 2. The van der Waals surface area contributed by atoms with Crippen molar-refractivity contribution in [3.8, 4) is 11.5 Å². The number of amides is 1. The molecule has 0 bridgehead atoms. The van der Waals surface area contributed by atoms with Crippen molar-refractivity contribution in [2.24, 2.45) is 5.16 Å². The van der Waals surface area contributed by atoms with E-state index in [1.807, 2.05) is 31.2 Å². The summed E-state index contributed by atoms with van der Waals surface area (Å²) in [4.78, 5) is 17.7. The molecule has 2 aromatic rings. The van der Waals surface area contributed by atoms with Crippen molar-refractivity contribution in [2.75, 3.05) is 20.8 Å². The number of aryl methyl sites for hydroxylation is 2. The van der Waals surface area contributed by atoms with E-state index in [-0.39, 0.29) is 12.0 Å². The zero-order valence-corrected chi connectivity index (χ0v) is 18.9. The molecule has 6 nitrogen and oxygen atoms in total. The van der Waals surface area contributed by atoms with Crippen LogP contribution in [0.25, 0.3) is 0 Å². The molecule has 1 atom stereocenters. The molecule has 0 spiro atoms. The third-order valence-electron chi connectivity index (χ3n) is 5.60. The number of nitrogens with zero attached hydrogens (tertiary/aromatic N) is 1. The Morgan fingerprint density at radius 2 is 1.90 bits per heavy atom. The molecule has 0 aromatic heterocycles. The highest BCUT2D eigenvalue weighted by Gasteiger charge is 2.18. The summed E-state index contributed by atoms with van der Waals surface area (Å²) in [5.41, 5.74) is 4.79. The monoisotopic (exact) mass is 424 g/mol. The number of nitrogens with one attached hydrogen (secondary N) is 1. The molecule has 1 unspecified atom stereocenters. The van der Waals surface area contributed by atoms with E-state index in [0.717, 1.165) is 42.6 Å². The minimum Gasteiger partial charge on any atom is -0.493 e. The second-order valence-electron chi connectivity index (χ2n) is 7.79. The van der Waals surface area contributed by atoms with E-state index in [9.17, 15) is 4.79 Å². The first kappa shape index (κ1) is 22.7. The number of hydrogen-bond donors (Lipinski definition) is 1. The SMILES string of the molecule is CCC(C)Oc1ccc(CCNC(=O)C(=NOC)c2ccc3c(c2)CCC3)cc1OC. The molecule has 2 aromatic carbocycles. The zero-order valence-electron chi connectivity index (χ0n) is 18.9. The first-order valence-electron chi connectivity index (χ1n) is 10.9. The van der Waals surface area contributed by atoms with Gasteiger partial charge in [-0.25, -0.2) is 0 Å². The van der Waals surface area contributed by atoms with Crippen molar-refractivity contribution in [1.29, 1.82) is 0 Å². The number of ether oxygens (including phenoxy) is 2. The zero-order chi connectivity index (χ0) is 22.2. The fraction of sp³-hybridized carbons (Fsp3) is 0.440. The average Bonchev–Trinajstić information content (AvgIpc) is 3.26. The van der Waals surface area contributed by atoms with E-state index in [2.05, 4.69) is 29.5 Å². The van der Waals surface area contributed by atoms with Crippen LogP contribution in [0.4, 0.5) is 0 Å². The lowest BCUT2D eigenvalue weighted by molar-refractivity contribution is -0.114. The van der Waals surface area contributed by atoms with Crippen molar-refractivity contribution in [1.82, 2.24) is 5.32 Å².